The van der Waals surface area contributed by atoms with Gasteiger partial charge in [-0.1, -0.05) is 18.5 Å². The van der Waals surface area contributed by atoms with E-state index in [0.717, 1.165) is 18.2 Å². The summed E-state index contributed by atoms with van der Waals surface area (Å²) in [6, 6.07) is 7.94. The molecule has 4 heteroatoms. The molecule has 0 spiro atoms. The molecule has 1 aromatic rings. The van der Waals surface area contributed by atoms with Crippen LogP contribution in [0.25, 0.3) is 0 Å². The molecule has 0 radical (unpaired) electrons. The van der Waals surface area contributed by atoms with Gasteiger partial charge in [0.25, 0.3) is 0 Å². The van der Waals surface area contributed by atoms with Crippen molar-refractivity contribution < 1.29 is 0 Å². The first-order valence-electron chi connectivity index (χ1n) is 5.24. The summed E-state index contributed by atoms with van der Waals surface area (Å²) in [5.74, 6) is 0. The quantitative estimate of drug-likeness (QED) is 0.836. The zero-order chi connectivity index (χ0) is 10.7. The van der Waals surface area contributed by atoms with E-state index in [1.165, 1.54) is 12.1 Å². The monoisotopic (exact) mass is 302 g/mol. The lowest BCUT2D eigenvalue weighted by molar-refractivity contribution is 0.406. The molecular formula is C12H16BrClN2. The van der Waals surface area contributed by atoms with Crippen molar-refractivity contribution in [2.45, 2.75) is 13.3 Å². The molecule has 88 valence electrons. The van der Waals surface area contributed by atoms with Gasteiger partial charge in [-0.15, -0.1) is 17.0 Å². The highest BCUT2D eigenvalue weighted by Gasteiger charge is 2.12. The third kappa shape index (κ3) is 3.16. The summed E-state index contributed by atoms with van der Waals surface area (Å²) in [4.78, 5) is 4.51. The lowest BCUT2D eigenvalue weighted by Crippen LogP contribution is -2.25. The van der Waals surface area contributed by atoms with Crippen LogP contribution < -0.4 is 4.90 Å². The molecule has 16 heavy (non-hydrogen) atoms. The van der Waals surface area contributed by atoms with Gasteiger partial charge in [-0.3, -0.25) is 0 Å². The first-order chi connectivity index (χ1) is 7.29. The number of nitrogens with zero attached hydrogens (tertiary/aromatic N) is 2. The molecular weight excluding hydrogens is 288 g/mol. The lowest BCUT2D eigenvalue weighted by Gasteiger charge is -2.20. The average molecular weight is 304 g/mol. The van der Waals surface area contributed by atoms with Crippen LogP contribution >= 0.6 is 28.6 Å². The Labute approximate surface area is 112 Å². The van der Waals surface area contributed by atoms with E-state index in [4.69, 9.17) is 11.6 Å². The average Bonchev–Trinajstić information content (AvgIpc) is 2.68. The largest absolute Gasteiger partial charge is 0.358 e. The second-order valence-electron chi connectivity index (χ2n) is 3.70. The molecule has 0 saturated carbocycles. The molecule has 2 nitrogen and oxygen atoms in total. The summed E-state index contributed by atoms with van der Waals surface area (Å²) in [6.45, 7) is 4.24. The van der Waals surface area contributed by atoms with Crippen molar-refractivity contribution in [3.05, 3.63) is 41.7 Å². The minimum Gasteiger partial charge on any atom is -0.358 e. The molecule has 0 bridgehead atoms. The number of hydrogen-bond donors (Lipinski definition) is 0. The Hall–Kier alpha value is -0.670. The van der Waals surface area contributed by atoms with Gasteiger partial charge in [0.2, 0.25) is 0 Å². The van der Waals surface area contributed by atoms with E-state index in [2.05, 4.69) is 29.1 Å². The van der Waals surface area contributed by atoms with Gasteiger partial charge in [0.15, 0.2) is 0 Å². The van der Waals surface area contributed by atoms with Crippen molar-refractivity contribution in [3.8, 4) is 0 Å². The van der Waals surface area contributed by atoms with Crippen LogP contribution in [0, 0.1) is 0 Å². The molecule has 0 saturated heterocycles. The van der Waals surface area contributed by atoms with E-state index in [0.29, 0.717) is 0 Å². The molecule has 0 aromatic heterocycles. The van der Waals surface area contributed by atoms with Crippen LogP contribution in [0.4, 0.5) is 5.69 Å². The molecule has 0 aliphatic carbocycles. The molecule has 0 N–H and O–H groups in total. The second kappa shape index (κ2) is 6.16. The highest BCUT2D eigenvalue weighted by Crippen LogP contribution is 2.21. The summed E-state index contributed by atoms with van der Waals surface area (Å²) >= 11 is 5.85. The number of halogens is 2. The summed E-state index contributed by atoms with van der Waals surface area (Å²) < 4.78 is 0. The molecule has 0 amide bonds. The van der Waals surface area contributed by atoms with Crippen LogP contribution in [0.2, 0.25) is 5.02 Å². The van der Waals surface area contributed by atoms with E-state index in [1.807, 2.05) is 24.3 Å². The van der Waals surface area contributed by atoms with Gasteiger partial charge in [-0.25, -0.2) is 0 Å². The number of hydrogen-bond acceptors (Lipinski definition) is 2. The van der Waals surface area contributed by atoms with E-state index in [9.17, 15) is 0 Å². The van der Waals surface area contributed by atoms with Gasteiger partial charge in [-0.05, 0) is 30.7 Å². The molecule has 2 rings (SSSR count). The first-order valence-corrected chi connectivity index (χ1v) is 5.62. The SMILES string of the molecule is Br.CCCN1C=CN(c2ccc(Cl)cc2)C1. The van der Waals surface area contributed by atoms with Crippen LogP contribution in [0.1, 0.15) is 13.3 Å². The minimum atomic E-state index is 0. The van der Waals surface area contributed by atoms with Crippen LogP contribution in [0.3, 0.4) is 0 Å². The highest BCUT2D eigenvalue weighted by molar-refractivity contribution is 8.93. The molecule has 1 aromatic carbocycles. The topological polar surface area (TPSA) is 6.48 Å². The van der Waals surface area contributed by atoms with Crippen LogP contribution in [0.5, 0.6) is 0 Å². The molecule has 0 unspecified atom stereocenters. The zero-order valence-electron chi connectivity index (χ0n) is 9.27. The van der Waals surface area contributed by atoms with Gasteiger partial charge < -0.3 is 9.80 Å². The standard InChI is InChI=1S/C12H15ClN2.BrH/c1-2-7-14-8-9-15(10-14)12-5-3-11(13)4-6-12;/h3-6,8-9H,2,7,10H2,1H3;1H. The Morgan fingerprint density at radius 1 is 1.19 bits per heavy atom. The molecule has 1 heterocycles. The highest BCUT2D eigenvalue weighted by atomic mass is 79.9. The first kappa shape index (κ1) is 13.4. The van der Waals surface area contributed by atoms with E-state index in [1.54, 1.807) is 0 Å². The lowest BCUT2D eigenvalue weighted by atomic mass is 10.3. The maximum absolute atomic E-state index is 5.85. The van der Waals surface area contributed by atoms with Gasteiger partial charge in [0.1, 0.15) is 0 Å². The summed E-state index contributed by atoms with van der Waals surface area (Å²) in [5.41, 5.74) is 1.19. The normalized spacial score (nSPS) is 14.1. The van der Waals surface area contributed by atoms with Gasteiger partial charge in [-0.2, -0.15) is 0 Å². The van der Waals surface area contributed by atoms with Crippen LogP contribution in [-0.2, 0) is 0 Å². The van der Waals surface area contributed by atoms with Crippen LogP contribution in [0.15, 0.2) is 36.7 Å². The minimum absolute atomic E-state index is 0. The van der Waals surface area contributed by atoms with E-state index in [-0.39, 0.29) is 17.0 Å². The van der Waals surface area contributed by atoms with Gasteiger partial charge >= 0.3 is 0 Å². The number of anilines is 1. The van der Waals surface area contributed by atoms with Crippen molar-refractivity contribution in [2.24, 2.45) is 0 Å². The van der Waals surface area contributed by atoms with E-state index >= 15 is 0 Å². The summed E-state index contributed by atoms with van der Waals surface area (Å²) in [7, 11) is 0. The van der Waals surface area contributed by atoms with Crippen molar-refractivity contribution in [1.29, 1.82) is 0 Å². The Balaban J connectivity index is 0.00000128. The van der Waals surface area contributed by atoms with Crippen molar-refractivity contribution in [2.75, 3.05) is 18.1 Å². The zero-order valence-corrected chi connectivity index (χ0v) is 11.7. The summed E-state index contributed by atoms with van der Waals surface area (Å²) in [5, 5.41) is 0.785. The maximum Gasteiger partial charge on any atom is 0.0941 e. The Morgan fingerprint density at radius 2 is 1.88 bits per heavy atom. The Morgan fingerprint density at radius 3 is 2.50 bits per heavy atom. The van der Waals surface area contributed by atoms with Crippen molar-refractivity contribution in [3.63, 3.8) is 0 Å². The predicted octanol–water partition coefficient (Wildman–Crippen LogP) is 3.88. The third-order valence-electron chi connectivity index (χ3n) is 2.46. The fourth-order valence-electron chi connectivity index (χ4n) is 1.70. The molecule has 1 aliphatic heterocycles. The third-order valence-corrected chi connectivity index (χ3v) is 2.71. The van der Waals surface area contributed by atoms with E-state index < -0.39 is 0 Å². The Kier molecular flexibility index (Phi) is 5.16. The fraction of sp³-hybridized carbons (Fsp3) is 0.333. The fourth-order valence-corrected chi connectivity index (χ4v) is 1.82. The maximum atomic E-state index is 5.85. The predicted molar refractivity (Wildman–Crippen MR) is 75.3 cm³/mol. The molecule has 1 aliphatic rings. The molecule has 0 fully saturated rings. The smallest absolute Gasteiger partial charge is 0.0941 e. The number of benzene rings is 1. The van der Waals surface area contributed by atoms with Crippen LogP contribution in [-0.4, -0.2) is 18.1 Å². The molecule has 0 atom stereocenters. The summed E-state index contributed by atoms with van der Waals surface area (Å²) in [6.07, 6.45) is 5.43. The Bertz CT molecular complexity index is 351. The number of rotatable bonds is 3. The van der Waals surface area contributed by atoms with Crippen molar-refractivity contribution in [1.82, 2.24) is 4.90 Å². The second-order valence-corrected chi connectivity index (χ2v) is 4.13. The van der Waals surface area contributed by atoms with Gasteiger partial charge in [0, 0.05) is 29.7 Å². The van der Waals surface area contributed by atoms with Crippen molar-refractivity contribution >= 4 is 34.3 Å². The van der Waals surface area contributed by atoms with Gasteiger partial charge in [0.05, 0.1) is 6.67 Å².